The third kappa shape index (κ3) is 2.51. The molecule has 2 aliphatic rings. The van der Waals surface area contributed by atoms with E-state index >= 15 is 0 Å². The lowest BCUT2D eigenvalue weighted by Crippen LogP contribution is -2.20. The van der Waals surface area contributed by atoms with Crippen LogP contribution in [0.5, 0.6) is 11.5 Å². The van der Waals surface area contributed by atoms with Gasteiger partial charge >= 0.3 is 0 Å². The van der Waals surface area contributed by atoms with Crippen molar-refractivity contribution < 1.29 is 9.47 Å². The molecule has 116 valence electrons. The van der Waals surface area contributed by atoms with E-state index in [4.69, 9.17) is 21.1 Å². The molecule has 2 saturated carbocycles. The molecule has 0 saturated heterocycles. The maximum absolute atomic E-state index is 6.42. The normalized spacial score (nSPS) is 28.7. The van der Waals surface area contributed by atoms with Gasteiger partial charge in [-0.05, 0) is 49.8 Å². The monoisotopic (exact) mass is 309 g/mol. The van der Waals surface area contributed by atoms with Gasteiger partial charge in [-0.1, -0.05) is 24.4 Å². The van der Waals surface area contributed by atoms with Crippen LogP contribution >= 0.6 is 11.6 Å². The smallest absolute Gasteiger partial charge is 0.146 e. The van der Waals surface area contributed by atoms with Crippen molar-refractivity contribution in [1.82, 2.24) is 5.32 Å². The van der Waals surface area contributed by atoms with E-state index in [1.54, 1.807) is 14.2 Å². The Balaban J connectivity index is 1.92. The number of hydrogen-bond acceptors (Lipinski definition) is 3. The van der Waals surface area contributed by atoms with Gasteiger partial charge < -0.3 is 14.8 Å². The van der Waals surface area contributed by atoms with Gasteiger partial charge in [0.15, 0.2) is 0 Å². The zero-order valence-electron chi connectivity index (χ0n) is 13.0. The van der Waals surface area contributed by atoms with Gasteiger partial charge in [0.2, 0.25) is 0 Å². The predicted octanol–water partition coefficient (Wildman–Crippen LogP) is 4.05. The summed E-state index contributed by atoms with van der Waals surface area (Å²) in [4.78, 5) is 0. The summed E-state index contributed by atoms with van der Waals surface area (Å²) in [5.41, 5.74) is 1.16. The topological polar surface area (TPSA) is 30.5 Å². The van der Waals surface area contributed by atoms with E-state index in [-0.39, 0.29) is 0 Å². The Morgan fingerprint density at radius 1 is 1.14 bits per heavy atom. The number of fused-ring (bicyclic) bond motifs is 1. The van der Waals surface area contributed by atoms with E-state index in [9.17, 15) is 0 Å². The SMILES string of the molecule is CNC(c1ccc(OC)c(Cl)c1OC)C1C2CCCCC21. The Hall–Kier alpha value is -0.930. The summed E-state index contributed by atoms with van der Waals surface area (Å²) in [6, 6.07) is 4.35. The average molecular weight is 310 g/mol. The maximum atomic E-state index is 6.42. The van der Waals surface area contributed by atoms with Crippen LogP contribution in [0.4, 0.5) is 0 Å². The Labute approximate surface area is 132 Å². The van der Waals surface area contributed by atoms with E-state index in [1.807, 2.05) is 13.1 Å². The molecule has 0 spiro atoms. The second kappa shape index (κ2) is 6.05. The molecule has 1 aromatic rings. The standard InChI is InChI=1S/C17H24ClNO2/c1-19-16(14-10-6-4-5-7-11(10)14)12-8-9-13(20-2)15(18)17(12)21-3/h8-11,14,16,19H,4-7H2,1-3H3. The average Bonchev–Trinajstić information content (AvgIpc) is 3.23. The van der Waals surface area contributed by atoms with Gasteiger partial charge in [-0.15, -0.1) is 0 Å². The van der Waals surface area contributed by atoms with Crippen molar-refractivity contribution >= 4 is 11.6 Å². The lowest BCUT2D eigenvalue weighted by Gasteiger charge is -2.21. The number of halogens is 1. The molecule has 3 rings (SSSR count). The summed E-state index contributed by atoms with van der Waals surface area (Å²) in [5.74, 6) is 3.89. The minimum Gasteiger partial charge on any atom is -0.495 e. The third-order valence-corrected chi connectivity index (χ3v) is 5.63. The zero-order valence-corrected chi connectivity index (χ0v) is 13.7. The molecule has 0 radical (unpaired) electrons. The molecule has 0 bridgehead atoms. The molecule has 21 heavy (non-hydrogen) atoms. The van der Waals surface area contributed by atoms with Crippen LogP contribution in [0.2, 0.25) is 5.02 Å². The number of benzene rings is 1. The van der Waals surface area contributed by atoms with E-state index in [2.05, 4.69) is 11.4 Å². The number of nitrogens with one attached hydrogen (secondary N) is 1. The first-order valence-corrected chi connectivity index (χ1v) is 8.18. The molecule has 3 unspecified atom stereocenters. The molecule has 0 amide bonds. The molecule has 4 heteroatoms. The van der Waals surface area contributed by atoms with Crippen molar-refractivity contribution in [2.75, 3.05) is 21.3 Å². The fourth-order valence-electron chi connectivity index (χ4n) is 4.26. The summed E-state index contributed by atoms with van der Waals surface area (Å²) in [6.45, 7) is 0. The Bertz CT molecular complexity index is 508. The first-order chi connectivity index (χ1) is 10.2. The van der Waals surface area contributed by atoms with Crippen molar-refractivity contribution in [3.05, 3.63) is 22.7 Å². The summed E-state index contributed by atoms with van der Waals surface area (Å²) in [6.07, 6.45) is 5.52. The number of rotatable bonds is 5. The van der Waals surface area contributed by atoms with Crippen molar-refractivity contribution in [1.29, 1.82) is 0 Å². The molecule has 0 heterocycles. The lowest BCUT2D eigenvalue weighted by atomic mass is 9.98. The van der Waals surface area contributed by atoms with Gasteiger partial charge in [-0.2, -0.15) is 0 Å². The van der Waals surface area contributed by atoms with Crippen LogP contribution in [-0.4, -0.2) is 21.3 Å². The van der Waals surface area contributed by atoms with Crippen LogP contribution < -0.4 is 14.8 Å². The number of ether oxygens (including phenoxy) is 2. The molecule has 2 fully saturated rings. The second-order valence-electron chi connectivity index (χ2n) is 6.16. The fourth-order valence-corrected chi connectivity index (χ4v) is 4.59. The Morgan fingerprint density at radius 3 is 2.33 bits per heavy atom. The minimum atomic E-state index is 0.316. The van der Waals surface area contributed by atoms with E-state index in [0.29, 0.717) is 16.8 Å². The highest BCUT2D eigenvalue weighted by Gasteiger charge is 2.54. The number of methoxy groups -OCH3 is 2. The highest BCUT2D eigenvalue weighted by Crippen LogP contribution is 2.61. The van der Waals surface area contributed by atoms with Crippen LogP contribution in [0.25, 0.3) is 0 Å². The fraction of sp³-hybridized carbons (Fsp3) is 0.647. The van der Waals surface area contributed by atoms with Crippen LogP contribution in [0.1, 0.15) is 37.3 Å². The predicted molar refractivity (Wildman–Crippen MR) is 85.3 cm³/mol. The van der Waals surface area contributed by atoms with Gasteiger partial charge in [-0.3, -0.25) is 0 Å². The quantitative estimate of drug-likeness (QED) is 0.890. The first kappa shape index (κ1) is 15.0. The van der Waals surface area contributed by atoms with E-state index < -0.39 is 0 Å². The highest BCUT2D eigenvalue weighted by molar-refractivity contribution is 6.33. The van der Waals surface area contributed by atoms with Gasteiger partial charge in [0.05, 0.1) is 14.2 Å². The minimum absolute atomic E-state index is 0.316. The second-order valence-corrected chi connectivity index (χ2v) is 6.54. The molecule has 1 aromatic carbocycles. The summed E-state index contributed by atoms with van der Waals surface area (Å²) >= 11 is 6.42. The molecular weight excluding hydrogens is 286 g/mol. The lowest BCUT2D eigenvalue weighted by molar-refractivity contribution is 0.379. The maximum Gasteiger partial charge on any atom is 0.146 e. The Morgan fingerprint density at radius 2 is 1.81 bits per heavy atom. The van der Waals surface area contributed by atoms with Crippen molar-refractivity contribution in [2.24, 2.45) is 17.8 Å². The summed E-state index contributed by atoms with van der Waals surface area (Å²) < 4.78 is 10.9. The van der Waals surface area contributed by atoms with Crippen molar-refractivity contribution in [2.45, 2.75) is 31.7 Å². The molecule has 0 aromatic heterocycles. The van der Waals surface area contributed by atoms with Crippen LogP contribution in [0.15, 0.2) is 12.1 Å². The zero-order chi connectivity index (χ0) is 15.0. The van der Waals surface area contributed by atoms with Gasteiger partial charge in [0.1, 0.15) is 16.5 Å². The first-order valence-electron chi connectivity index (χ1n) is 7.80. The van der Waals surface area contributed by atoms with Crippen LogP contribution in [0.3, 0.4) is 0 Å². The Kier molecular flexibility index (Phi) is 4.32. The largest absolute Gasteiger partial charge is 0.495 e. The number of hydrogen-bond donors (Lipinski definition) is 1. The van der Waals surface area contributed by atoms with Gasteiger partial charge in [-0.25, -0.2) is 0 Å². The highest BCUT2D eigenvalue weighted by atomic mass is 35.5. The van der Waals surface area contributed by atoms with Crippen molar-refractivity contribution in [3.63, 3.8) is 0 Å². The van der Waals surface area contributed by atoms with Crippen LogP contribution in [0, 0.1) is 17.8 Å². The molecule has 1 N–H and O–H groups in total. The molecular formula is C17H24ClNO2. The van der Waals surface area contributed by atoms with Gasteiger partial charge in [0.25, 0.3) is 0 Å². The molecule has 3 atom stereocenters. The van der Waals surface area contributed by atoms with E-state index in [0.717, 1.165) is 29.1 Å². The van der Waals surface area contributed by atoms with E-state index in [1.165, 1.54) is 25.7 Å². The van der Waals surface area contributed by atoms with Crippen LogP contribution in [-0.2, 0) is 0 Å². The van der Waals surface area contributed by atoms with Crippen molar-refractivity contribution in [3.8, 4) is 11.5 Å². The molecule has 3 nitrogen and oxygen atoms in total. The van der Waals surface area contributed by atoms with Gasteiger partial charge in [0, 0.05) is 11.6 Å². The molecule has 0 aliphatic heterocycles. The third-order valence-electron chi connectivity index (χ3n) is 5.27. The summed E-state index contributed by atoms with van der Waals surface area (Å²) in [7, 11) is 5.34. The summed E-state index contributed by atoms with van der Waals surface area (Å²) in [5, 5.41) is 4.07. The molecule has 2 aliphatic carbocycles.